The van der Waals surface area contributed by atoms with Crippen molar-refractivity contribution in [2.45, 2.75) is 32.6 Å². The lowest BCUT2D eigenvalue weighted by Gasteiger charge is -2.16. The van der Waals surface area contributed by atoms with Crippen molar-refractivity contribution in [2.75, 3.05) is 0 Å². The molecule has 0 amide bonds. The van der Waals surface area contributed by atoms with E-state index in [0.29, 0.717) is 24.5 Å². The lowest BCUT2D eigenvalue weighted by atomic mass is 9.88. The maximum Gasteiger partial charge on any atom is 0.132 e. The van der Waals surface area contributed by atoms with Crippen LogP contribution in [0.1, 0.15) is 30.9 Å². The number of hydrogen-bond donors (Lipinski definition) is 0. The third-order valence-corrected chi connectivity index (χ3v) is 4.84. The Balaban J connectivity index is 2.09. The Morgan fingerprint density at radius 2 is 1.27 bits per heavy atom. The van der Waals surface area contributed by atoms with Crippen molar-refractivity contribution in [1.29, 1.82) is 0 Å². The molecule has 0 aliphatic heterocycles. The molecule has 0 saturated heterocycles. The van der Waals surface area contributed by atoms with Crippen LogP contribution in [0.15, 0.2) is 57.5 Å². The van der Waals surface area contributed by atoms with Gasteiger partial charge in [0, 0.05) is 21.8 Å². The van der Waals surface area contributed by atoms with Gasteiger partial charge in [-0.3, -0.25) is 4.79 Å². The minimum Gasteiger partial charge on any atom is -0.300 e. The third-order valence-electron chi connectivity index (χ3n) is 3.79. The number of rotatable bonds is 7. The Morgan fingerprint density at radius 1 is 0.864 bits per heavy atom. The van der Waals surface area contributed by atoms with Crippen molar-refractivity contribution >= 4 is 37.6 Å². The van der Waals surface area contributed by atoms with Crippen LogP contribution in [0.2, 0.25) is 0 Å². The van der Waals surface area contributed by atoms with E-state index in [1.807, 2.05) is 6.92 Å². The molecule has 0 saturated carbocycles. The molecule has 2 rings (SSSR count). The van der Waals surface area contributed by atoms with Gasteiger partial charge in [0.15, 0.2) is 0 Å². The van der Waals surface area contributed by atoms with Crippen molar-refractivity contribution < 1.29 is 4.79 Å². The van der Waals surface area contributed by atoms with Gasteiger partial charge in [0.1, 0.15) is 5.78 Å². The predicted molar refractivity (Wildman–Crippen MR) is 99.1 cm³/mol. The summed E-state index contributed by atoms with van der Waals surface area (Å²) in [6.07, 6.45) is 3.16. The molecule has 0 radical (unpaired) electrons. The average Bonchev–Trinajstić information content (AvgIpc) is 2.51. The van der Waals surface area contributed by atoms with Crippen LogP contribution in [0.4, 0.5) is 0 Å². The minimum atomic E-state index is 0.347. The number of halogens is 2. The molecule has 0 fully saturated rings. The topological polar surface area (TPSA) is 17.1 Å². The molecule has 0 N–H and O–H groups in total. The zero-order valence-electron chi connectivity index (χ0n) is 12.7. The van der Waals surface area contributed by atoms with Crippen LogP contribution < -0.4 is 0 Å². The van der Waals surface area contributed by atoms with E-state index in [4.69, 9.17) is 0 Å². The quantitative estimate of drug-likeness (QED) is 0.535. The van der Waals surface area contributed by atoms with Gasteiger partial charge in [-0.05, 0) is 54.2 Å². The largest absolute Gasteiger partial charge is 0.300 e. The Hall–Kier alpha value is -0.930. The van der Waals surface area contributed by atoms with E-state index < -0.39 is 0 Å². The fourth-order valence-electron chi connectivity index (χ4n) is 2.59. The molecule has 0 bridgehead atoms. The van der Waals surface area contributed by atoms with Crippen molar-refractivity contribution in [2.24, 2.45) is 5.92 Å². The van der Waals surface area contributed by atoms with Gasteiger partial charge in [0.05, 0.1) is 0 Å². The maximum absolute atomic E-state index is 11.9. The van der Waals surface area contributed by atoms with Crippen LogP contribution >= 0.6 is 31.9 Å². The molecule has 22 heavy (non-hydrogen) atoms. The first kappa shape index (κ1) is 17.4. The summed E-state index contributed by atoms with van der Waals surface area (Å²) in [6, 6.07) is 16.8. The van der Waals surface area contributed by atoms with Gasteiger partial charge in [-0.1, -0.05) is 63.0 Å². The van der Waals surface area contributed by atoms with Gasteiger partial charge in [-0.25, -0.2) is 0 Å². The van der Waals surface area contributed by atoms with E-state index >= 15 is 0 Å². The first-order valence-electron chi connectivity index (χ1n) is 7.57. The summed E-state index contributed by atoms with van der Waals surface area (Å²) in [4.78, 5) is 11.9. The summed E-state index contributed by atoms with van der Waals surface area (Å²) < 4.78 is 2.18. The van der Waals surface area contributed by atoms with Gasteiger partial charge >= 0.3 is 0 Å². The highest BCUT2D eigenvalue weighted by molar-refractivity contribution is 9.10. The molecule has 0 spiro atoms. The van der Waals surface area contributed by atoms with E-state index in [9.17, 15) is 4.79 Å². The number of carbonyl (C=O) groups excluding carboxylic acids is 1. The van der Waals surface area contributed by atoms with Crippen LogP contribution in [-0.4, -0.2) is 5.78 Å². The van der Waals surface area contributed by atoms with E-state index in [1.165, 1.54) is 11.1 Å². The second kappa shape index (κ2) is 8.64. The zero-order chi connectivity index (χ0) is 15.9. The highest BCUT2D eigenvalue weighted by Gasteiger charge is 2.14. The van der Waals surface area contributed by atoms with Gasteiger partial charge in [0.2, 0.25) is 0 Å². The second-order valence-electron chi connectivity index (χ2n) is 5.62. The summed E-state index contributed by atoms with van der Waals surface area (Å²) >= 11 is 6.93. The monoisotopic (exact) mass is 422 g/mol. The summed E-state index contributed by atoms with van der Waals surface area (Å²) in [5, 5.41) is 0. The summed E-state index contributed by atoms with van der Waals surface area (Å²) in [6.45, 7) is 1.94. The molecule has 1 nitrogen and oxygen atoms in total. The van der Waals surface area contributed by atoms with Crippen LogP contribution in [0.25, 0.3) is 0 Å². The fourth-order valence-corrected chi connectivity index (χ4v) is 3.12. The fraction of sp³-hybridized carbons (Fsp3) is 0.316. The normalized spacial score (nSPS) is 10.9. The summed E-state index contributed by atoms with van der Waals surface area (Å²) in [7, 11) is 0. The Kier molecular flexibility index (Phi) is 6.84. The Labute approximate surface area is 149 Å². The van der Waals surface area contributed by atoms with E-state index in [-0.39, 0.29) is 0 Å². The highest BCUT2D eigenvalue weighted by atomic mass is 79.9. The van der Waals surface area contributed by atoms with Crippen molar-refractivity contribution in [1.82, 2.24) is 0 Å². The van der Waals surface area contributed by atoms with E-state index in [1.54, 1.807) is 0 Å². The van der Waals surface area contributed by atoms with Crippen LogP contribution in [0, 0.1) is 5.92 Å². The zero-order valence-corrected chi connectivity index (χ0v) is 15.9. The molecular weight excluding hydrogens is 404 g/mol. The molecule has 2 aromatic rings. The number of carbonyl (C=O) groups is 1. The average molecular weight is 424 g/mol. The summed E-state index contributed by atoms with van der Waals surface area (Å²) in [5.74, 6) is 0.703. The van der Waals surface area contributed by atoms with Gasteiger partial charge in [-0.15, -0.1) is 0 Å². The Morgan fingerprint density at radius 3 is 1.64 bits per heavy atom. The molecular formula is C19H20Br2O. The molecule has 0 heterocycles. The van der Waals surface area contributed by atoms with Crippen molar-refractivity contribution in [3.05, 3.63) is 68.6 Å². The SMILES string of the molecule is CCC(=O)CC(Cc1ccc(Br)cc1)Cc1ccc(Br)cc1. The number of hydrogen-bond acceptors (Lipinski definition) is 1. The standard InChI is InChI=1S/C19H20Br2O/c1-2-19(22)13-16(11-14-3-7-17(20)8-4-14)12-15-5-9-18(21)10-6-15/h3-10,16H,2,11-13H2,1H3. The summed E-state index contributed by atoms with van der Waals surface area (Å²) in [5.41, 5.74) is 2.57. The predicted octanol–water partition coefficient (Wildman–Crippen LogP) is 5.98. The lowest BCUT2D eigenvalue weighted by Crippen LogP contribution is -2.13. The second-order valence-corrected chi connectivity index (χ2v) is 7.45. The molecule has 0 unspecified atom stereocenters. The van der Waals surface area contributed by atoms with Crippen molar-refractivity contribution in [3.63, 3.8) is 0 Å². The van der Waals surface area contributed by atoms with Crippen molar-refractivity contribution in [3.8, 4) is 0 Å². The van der Waals surface area contributed by atoms with E-state index in [2.05, 4.69) is 80.4 Å². The smallest absolute Gasteiger partial charge is 0.132 e. The molecule has 0 aliphatic rings. The number of ketones is 1. The maximum atomic E-state index is 11.9. The minimum absolute atomic E-state index is 0.347. The number of Topliss-reactive ketones (excluding diaryl/α,β-unsaturated/α-hetero) is 1. The molecule has 2 aromatic carbocycles. The Bertz CT molecular complexity index is 555. The highest BCUT2D eigenvalue weighted by Crippen LogP contribution is 2.21. The number of benzene rings is 2. The van der Waals surface area contributed by atoms with E-state index in [0.717, 1.165) is 21.8 Å². The van der Waals surface area contributed by atoms with Gasteiger partial charge in [0.25, 0.3) is 0 Å². The van der Waals surface area contributed by atoms with Crippen LogP contribution in [0.3, 0.4) is 0 Å². The lowest BCUT2D eigenvalue weighted by molar-refractivity contribution is -0.119. The van der Waals surface area contributed by atoms with Gasteiger partial charge < -0.3 is 0 Å². The van der Waals surface area contributed by atoms with Crippen LogP contribution in [-0.2, 0) is 17.6 Å². The first-order valence-corrected chi connectivity index (χ1v) is 9.16. The third kappa shape index (κ3) is 5.69. The first-order chi connectivity index (χ1) is 10.6. The molecule has 3 heteroatoms. The van der Waals surface area contributed by atoms with Crippen LogP contribution in [0.5, 0.6) is 0 Å². The molecule has 0 atom stereocenters. The molecule has 116 valence electrons. The molecule has 0 aliphatic carbocycles. The van der Waals surface area contributed by atoms with Gasteiger partial charge in [-0.2, -0.15) is 0 Å². The molecule has 0 aromatic heterocycles.